The Morgan fingerprint density at radius 1 is 1.12 bits per heavy atom. The molecule has 4 rings (SSSR count). The van der Waals surface area contributed by atoms with Gasteiger partial charge in [0.05, 0.1) is 12.7 Å². The lowest BCUT2D eigenvalue weighted by atomic mass is 10.1. The van der Waals surface area contributed by atoms with Gasteiger partial charge >= 0.3 is 0 Å². The van der Waals surface area contributed by atoms with Crippen LogP contribution in [0.4, 0.5) is 5.95 Å². The maximum Gasteiger partial charge on any atom is 0.205 e. The van der Waals surface area contributed by atoms with Crippen LogP contribution in [0, 0.1) is 0 Å². The monoisotopic (exact) mass is 468 g/mol. The second-order valence-corrected chi connectivity index (χ2v) is 5.91. The summed E-state index contributed by atoms with van der Waals surface area (Å²) in [6.45, 7) is 2.86. The second-order valence-electron chi connectivity index (χ2n) is 5.91. The second kappa shape index (κ2) is 9.26. The Labute approximate surface area is 168 Å². The lowest BCUT2D eigenvalue weighted by Gasteiger charge is -2.24. The van der Waals surface area contributed by atoms with Crippen LogP contribution >= 0.6 is 34.0 Å². The van der Waals surface area contributed by atoms with Crippen molar-refractivity contribution in [1.29, 1.82) is 0 Å². The van der Waals surface area contributed by atoms with E-state index < -0.39 is 0 Å². The largest absolute Gasteiger partial charge is 0.353 e. The van der Waals surface area contributed by atoms with Crippen molar-refractivity contribution in [2.75, 3.05) is 18.4 Å². The van der Waals surface area contributed by atoms with Crippen molar-refractivity contribution in [2.45, 2.75) is 25.4 Å². The van der Waals surface area contributed by atoms with Gasteiger partial charge in [-0.25, -0.2) is 15.0 Å². The smallest absolute Gasteiger partial charge is 0.205 e. The third-order valence-corrected chi connectivity index (χ3v) is 4.27. The van der Waals surface area contributed by atoms with Gasteiger partial charge in [-0.3, -0.25) is 4.57 Å². The van der Waals surface area contributed by atoms with Crippen molar-refractivity contribution in [1.82, 2.24) is 24.8 Å². The lowest BCUT2D eigenvalue weighted by Crippen LogP contribution is -2.36. The fraction of sp³-hybridized carbons (Fsp3) is 0.353. The number of nitrogens with one attached hydrogen (secondary N) is 2. The molecule has 3 aromatic rings. The minimum absolute atomic E-state index is 0. The molecule has 6 nitrogen and oxygen atoms in total. The van der Waals surface area contributed by atoms with Gasteiger partial charge < -0.3 is 10.6 Å². The van der Waals surface area contributed by atoms with Crippen molar-refractivity contribution < 1.29 is 0 Å². The highest BCUT2D eigenvalue weighted by molar-refractivity contribution is 8.93. The fourth-order valence-corrected chi connectivity index (χ4v) is 3.05. The average Bonchev–Trinajstić information content (AvgIpc) is 2.94. The lowest BCUT2D eigenvalue weighted by molar-refractivity contribution is 0.476. The number of aromatic nitrogens is 4. The highest BCUT2D eigenvalue weighted by atomic mass is 79.9. The van der Waals surface area contributed by atoms with Crippen molar-refractivity contribution in [3.8, 4) is 0 Å². The summed E-state index contributed by atoms with van der Waals surface area (Å²) in [6.07, 6.45) is 5.58. The number of nitrogens with zero attached hydrogens (tertiary/aromatic N) is 4. The normalized spacial score (nSPS) is 14.6. The van der Waals surface area contributed by atoms with Crippen LogP contribution in [0.2, 0.25) is 0 Å². The summed E-state index contributed by atoms with van der Waals surface area (Å²) in [5.74, 6) is 0.885. The van der Waals surface area contributed by atoms with E-state index in [0.717, 1.165) is 49.6 Å². The molecule has 2 aromatic heterocycles. The van der Waals surface area contributed by atoms with Crippen LogP contribution < -0.4 is 10.6 Å². The number of piperidine rings is 1. The van der Waals surface area contributed by atoms with E-state index in [2.05, 4.69) is 49.4 Å². The Kier molecular flexibility index (Phi) is 7.34. The molecule has 0 unspecified atom stereocenters. The van der Waals surface area contributed by atoms with Crippen LogP contribution in [0.25, 0.3) is 11.2 Å². The minimum Gasteiger partial charge on any atom is -0.353 e. The van der Waals surface area contributed by atoms with E-state index >= 15 is 0 Å². The summed E-state index contributed by atoms with van der Waals surface area (Å²) in [5.41, 5.74) is 2.94. The molecule has 2 N–H and O–H groups in total. The quantitative estimate of drug-likeness (QED) is 0.614. The molecule has 1 aromatic carbocycles. The van der Waals surface area contributed by atoms with E-state index in [1.165, 1.54) is 5.56 Å². The number of fused-ring (bicyclic) bond motifs is 1. The van der Waals surface area contributed by atoms with Crippen molar-refractivity contribution in [2.24, 2.45) is 0 Å². The van der Waals surface area contributed by atoms with Gasteiger partial charge in [-0.15, -0.1) is 34.0 Å². The van der Waals surface area contributed by atoms with E-state index in [-0.39, 0.29) is 34.0 Å². The Bertz CT molecular complexity index is 786. The number of imidazole rings is 1. The van der Waals surface area contributed by atoms with E-state index in [4.69, 9.17) is 4.98 Å². The summed E-state index contributed by atoms with van der Waals surface area (Å²) in [5, 5.41) is 7.00. The zero-order valence-electron chi connectivity index (χ0n) is 13.8. The van der Waals surface area contributed by atoms with E-state index in [1.807, 2.05) is 6.07 Å². The Balaban J connectivity index is 0.00000113. The molecular weight excluding hydrogens is 448 g/mol. The number of hydrogen-bond acceptors (Lipinski definition) is 5. The molecule has 0 bridgehead atoms. The maximum absolute atomic E-state index is 4.71. The van der Waals surface area contributed by atoms with Crippen LogP contribution in [0.15, 0.2) is 42.9 Å². The van der Waals surface area contributed by atoms with Crippen LogP contribution in [-0.4, -0.2) is 38.7 Å². The molecule has 0 saturated carbocycles. The van der Waals surface area contributed by atoms with Gasteiger partial charge in [0.2, 0.25) is 5.95 Å². The van der Waals surface area contributed by atoms with Gasteiger partial charge in [-0.2, -0.15) is 0 Å². The fourth-order valence-electron chi connectivity index (χ4n) is 3.05. The number of benzene rings is 1. The molecule has 1 aliphatic rings. The first-order chi connectivity index (χ1) is 11.4. The first kappa shape index (κ1) is 19.8. The number of hydrogen-bond donors (Lipinski definition) is 2. The van der Waals surface area contributed by atoms with Crippen molar-refractivity contribution in [3.05, 3.63) is 48.4 Å². The maximum atomic E-state index is 4.71. The predicted octanol–water partition coefficient (Wildman–Crippen LogP) is 3.19. The molecule has 0 amide bonds. The molecule has 0 aliphatic carbocycles. The number of anilines is 1. The van der Waals surface area contributed by atoms with E-state index in [9.17, 15) is 0 Å². The Morgan fingerprint density at radius 2 is 1.88 bits per heavy atom. The highest BCUT2D eigenvalue weighted by Gasteiger charge is 2.18. The molecule has 134 valence electrons. The van der Waals surface area contributed by atoms with Crippen LogP contribution in [0.5, 0.6) is 0 Å². The first-order valence-corrected chi connectivity index (χ1v) is 8.07. The van der Waals surface area contributed by atoms with Gasteiger partial charge in [0.25, 0.3) is 0 Å². The molecular formula is C17H22Br2N6. The zero-order chi connectivity index (χ0) is 15.5. The molecule has 3 heterocycles. The minimum atomic E-state index is 0. The molecule has 8 heteroatoms. The third-order valence-electron chi connectivity index (χ3n) is 4.27. The third kappa shape index (κ3) is 4.56. The predicted molar refractivity (Wildman–Crippen MR) is 111 cm³/mol. The standard InChI is InChI=1S/C17H20N6.2BrH/c1-2-4-13(5-3-1)11-23-16-15(10-19-12-20-16)22-17(23)21-14-6-8-18-9-7-14;;/h1-5,10,12,14,18H,6-9,11H2,(H,21,22);2*1H. The van der Waals surface area contributed by atoms with E-state index in [1.54, 1.807) is 12.5 Å². The summed E-state index contributed by atoms with van der Waals surface area (Å²) < 4.78 is 2.15. The van der Waals surface area contributed by atoms with Gasteiger partial charge in [-0.1, -0.05) is 30.3 Å². The zero-order valence-corrected chi connectivity index (χ0v) is 17.2. The molecule has 0 atom stereocenters. The molecule has 0 radical (unpaired) electrons. The van der Waals surface area contributed by atoms with Crippen molar-refractivity contribution in [3.63, 3.8) is 0 Å². The molecule has 25 heavy (non-hydrogen) atoms. The average molecular weight is 470 g/mol. The van der Waals surface area contributed by atoms with E-state index in [0.29, 0.717) is 6.04 Å². The Hall–Kier alpha value is -1.51. The van der Waals surface area contributed by atoms with Gasteiger partial charge in [-0.05, 0) is 31.5 Å². The number of rotatable bonds is 4. The SMILES string of the molecule is Br.Br.c1ccc(Cn2c(NC3CCNCC3)nc3cncnc32)cc1. The molecule has 0 spiro atoms. The molecule has 1 saturated heterocycles. The van der Waals surface area contributed by atoms with Gasteiger partial charge in [0, 0.05) is 6.04 Å². The summed E-state index contributed by atoms with van der Waals surface area (Å²) >= 11 is 0. The van der Waals surface area contributed by atoms with Gasteiger partial charge in [0.1, 0.15) is 11.8 Å². The molecule has 1 aliphatic heterocycles. The highest BCUT2D eigenvalue weighted by Crippen LogP contribution is 2.21. The summed E-state index contributed by atoms with van der Waals surface area (Å²) in [4.78, 5) is 13.2. The van der Waals surface area contributed by atoms with Gasteiger partial charge in [0.15, 0.2) is 5.65 Å². The van der Waals surface area contributed by atoms with Crippen LogP contribution in [-0.2, 0) is 6.54 Å². The Morgan fingerprint density at radius 3 is 2.64 bits per heavy atom. The van der Waals surface area contributed by atoms with Crippen LogP contribution in [0.1, 0.15) is 18.4 Å². The topological polar surface area (TPSA) is 67.7 Å². The summed E-state index contributed by atoms with van der Waals surface area (Å²) in [6, 6.07) is 10.9. The van der Waals surface area contributed by atoms with Crippen LogP contribution in [0.3, 0.4) is 0 Å². The van der Waals surface area contributed by atoms with Crippen molar-refractivity contribution >= 4 is 51.1 Å². The first-order valence-electron chi connectivity index (χ1n) is 8.07. The summed E-state index contributed by atoms with van der Waals surface area (Å²) in [7, 11) is 0. The number of halogens is 2. The molecule has 1 fully saturated rings.